The van der Waals surface area contributed by atoms with Gasteiger partial charge in [-0.15, -0.1) is 0 Å². The van der Waals surface area contributed by atoms with Gasteiger partial charge in [-0.25, -0.2) is 9.59 Å². The van der Waals surface area contributed by atoms with Crippen LogP contribution in [0, 0.1) is 5.41 Å². The van der Waals surface area contributed by atoms with E-state index in [1.165, 1.54) is 12.8 Å². The summed E-state index contributed by atoms with van der Waals surface area (Å²) in [7, 11) is 0. The molecule has 0 aromatic heterocycles. The van der Waals surface area contributed by atoms with E-state index in [1.54, 1.807) is 4.90 Å². The highest BCUT2D eigenvalue weighted by Gasteiger charge is 2.44. The van der Waals surface area contributed by atoms with Crippen LogP contribution in [0.1, 0.15) is 33.1 Å². The largest absolute Gasteiger partial charge is 0.480 e. The number of carbonyl (C=O) groups excluding carboxylic acids is 1. The molecule has 2 aliphatic rings. The van der Waals surface area contributed by atoms with Crippen molar-refractivity contribution in [2.75, 3.05) is 26.2 Å². The minimum Gasteiger partial charge on any atom is -0.480 e. The Kier molecular flexibility index (Phi) is 3.71. The van der Waals surface area contributed by atoms with Gasteiger partial charge in [-0.1, -0.05) is 6.92 Å². The number of aliphatic carboxylic acids is 1. The maximum absolute atomic E-state index is 11.9. The zero-order chi connectivity index (χ0) is 14.1. The fraction of sp³-hybridized carbons (Fsp3) is 0.846. The molecule has 1 aliphatic heterocycles. The molecule has 0 aromatic carbocycles. The molecule has 2 N–H and O–H groups in total. The highest BCUT2D eigenvalue weighted by molar-refractivity contribution is 5.75. The second-order valence-corrected chi connectivity index (χ2v) is 6.00. The van der Waals surface area contributed by atoms with Crippen LogP contribution in [0.4, 0.5) is 4.79 Å². The molecule has 19 heavy (non-hydrogen) atoms. The van der Waals surface area contributed by atoms with Gasteiger partial charge in [0.1, 0.15) is 12.2 Å². The van der Waals surface area contributed by atoms with Gasteiger partial charge in [0.25, 0.3) is 0 Å². The van der Waals surface area contributed by atoms with Crippen LogP contribution in [0.25, 0.3) is 0 Å². The van der Waals surface area contributed by atoms with E-state index in [1.807, 2.05) is 6.92 Å². The number of hydrogen-bond acceptors (Lipinski definition) is 3. The molecule has 1 saturated heterocycles. The molecule has 1 heterocycles. The second kappa shape index (κ2) is 5.00. The number of rotatable bonds is 6. The van der Waals surface area contributed by atoms with Crippen LogP contribution >= 0.6 is 0 Å². The smallest absolute Gasteiger partial charge is 0.329 e. The quantitative estimate of drug-likeness (QED) is 0.756. The number of carbonyl (C=O) groups is 2. The summed E-state index contributed by atoms with van der Waals surface area (Å²) in [6.07, 6.45) is 3.50. The predicted octanol–water partition coefficient (Wildman–Crippen LogP) is 1.06. The Morgan fingerprint density at radius 3 is 2.47 bits per heavy atom. The van der Waals surface area contributed by atoms with Gasteiger partial charge in [0.15, 0.2) is 0 Å². The Morgan fingerprint density at radius 1 is 1.37 bits per heavy atom. The van der Waals surface area contributed by atoms with Crippen molar-refractivity contribution < 1.29 is 19.4 Å². The number of urea groups is 1. The molecular weight excluding hydrogens is 248 g/mol. The average Bonchev–Trinajstić information content (AvgIpc) is 3.11. The second-order valence-electron chi connectivity index (χ2n) is 6.00. The number of likely N-dealkylation sites (tertiary alicyclic amines) is 1. The molecule has 0 radical (unpaired) electrons. The maximum atomic E-state index is 11.9. The van der Waals surface area contributed by atoms with Gasteiger partial charge in [0.2, 0.25) is 0 Å². The fourth-order valence-electron chi connectivity index (χ4n) is 2.44. The first-order chi connectivity index (χ1) is 8.88. The van der Waals surface area contributed by atoms with Gasteiger partial charge in [0.05, 0.1) is 13.1 Å². The third-order valence-corrected chi connectivity index (χ3v) is 4.20. The van der Waals surface area contributed by atoms with Crippen molar-refractivity contribution in [2.45, 2.75) is 38.7 Å². The molecular formula is C13H22N2O4. The first-order valence-corrected chi connectivity index (χ1v) is 6.77. The SMILES string of the molecule is CCC1(CNC(=O)N2CC(C)(OCC(=O)O)C2)CC1. The molecule has 6 nitrogen and oxygen atoms in total. The molecule has 6 heteroatoms. The van der Waals surface area contributed by atoms with E-state index in [0.29, 0.717) is 18.5 Å². The number of amides is 2. The van der Waals surface area contributed by atoms with Crippen LogP contribution in [0.2, 0.25) is 0 Å². The number of ether oxygens (including phenoxy) is 1. The Hall–Kier alpha value is -1.30. The molecule has 1 aliphatic carbocycles. The van der Waals surface area contributed by atoms with E-state index in [0.717, 1.165) is 13.0 Å². The lowest BCUT2D eigenvalue weighted by molar-refractivity contribution is -0.159. The van der Waals surface area contributed by atoms with Crippen molar-refractivity contribution in [1.29, 1.82) is 0 Å². The third-order valence-electron chi connectivity index (χ3n) is 4.20. The Balaban J connectivity index is 1.68. The minimum absolute atomic E-state index is 0.0730. The topological polar surface area (TPSA) is 78.9 Å². The van der Waals surface area contributed by atoms with Crippen molar-refractivity contribution in [2.24, 2.45) is 5.41 Å². The average molecular weight is 270 g/mol. The molecule has 2 amide bonds. The molecule has 2 rings (SSSR count). The third kappa shape index (κ3) is 3.37. The monoisotopic (exact) mass is 270 g/mol. The summed E-state index contributed by atoms with van der Waals surface area (Å²) >= 11 is 0. The summed E-state index contributed by atoms with van der Waals surface area (Å²) in [6, 6.07) is -0.0730. The van der Waals surface area contributed by atoms with E-state index in [4.69, 9.17) is 9.84 Å². The Labute approximate surface area is 113 Å². The van der Waals surface area contributed by atoms with Crippen LogP contribution in [-0.2, 0) is 9.53 Å². The summed E-state index contributed by atoms with van der Waals surface area (Å²) in [4.78, 5) is 24.0. The van der Waals surface area contributed by atoms with Crippen molar-refractivity contribution >= 4 is 12.0 Å². The van der Waals surface area contributed by atoms with E-state index < -0.39 is 11.6 Å². The van der Waals surface area contributed by atoms with Crippen molar-refractivity contribution in [3.8, 4) is 0 Å². The van der Waals surface area contributed by atoms with Gasteiger partial charge in [0, 0.05) is 6.54 Å². The van der Waals surface area contributed by atoms with Crippen LogP contribution in [0.5, 0.6) is 0 Å². The summed E-state index contributed by atoms with van der Waals surface area (Å²) in [5, 5.41) is 11.5. The standard InChI is InChI=1S/C13H22N2O4/c1-3-13(4-5-13)7-14-11(18)15-8-12(2,9-15)19-6-10(16)17/h3-9H2,1-2H3,(H,14,18)(H,16,17). The normalized spacial score (nSPS) is 22.5. The number of nitrogens with zero attached hydrogens (tertiary/aromatic N) is 1. The van der Waals surface area contributed by atoms with Gasteiger partial charge in [-0.3, -0.25) is 0 Å². The Bertz CT molecular complexity index is 373. The molecule has 108 valence electrons. The van der Waals surface area contributed by atoms with Crippen molar-refractivity contribution in [3.63, 3.8) is 0 Å². The summed E-state index contributed by atoms with van der Waals surface area (Å²) < 4.78 is 5.27. The first kappa shape index (κ1) is 14.1. The summed E-state index contributed by atoms with van der Waals surface area (Å²) in [5.41, 5.74) is -0.179. The fourth-order valence-corrected chi connectivity index (χ4v) is 2.44. The number of hydrogen-bond donors (Lipinski definition) is 2. The van der Waals surface area contributed by atoms with E-state index in [-0.39, 0.29) is 12.6 Å². The number of carboxylic acids is 1. The molecule has 0 spiro atoms. The lowest BCUT2D eigenvalue weighted by atomic mass is 9.97. The van der Waals surface area contributed by atoms with E-state index >= 15 is 0 Å². The van der Waals surface area contributed by atoms with Crippen LogP contribution in [0.15, 0.2) is 0 Å². The highest BCUT2D eigenvalue weighted by Crippen LogP contribution is 2.47. The van der Waals surface area contributed by atoms with Crippen LogP contribution < -0.4 is 5.32 Å². The molecule has 0 aromatic rings. The maximum Gasteiger partial charge on any atom is 0.329 e. The molecule has 1 saturated carbocycles. The van der Waals surface area contributed by atoms with Gasteiger partial charge >= 0.3 is 12.0 Å². The molecule has 0 unspecified atom stereocenters. The van der Waals surface area contributed by atoms with Crippen LogP contribution in [-0.4, -0.2) is 53.8 Å². The van der Waals surface area contributed by atoms with Crippen molar-refractivity contribution in [3.05, 3.63) is 0 Å². The van der Waals surface area contributed by atoms with Crippen molar-refractivity contribution in [1.82, 2.24) is 10.2 Å². The lowest BCUT2D eigenvalue weighted by Crippen LogP contribution is -2.65. The highest BCUT2D eigenvalue weighted by atomic mass is 16.5. The zero-order valence-corrected chi connectivity index (χ0v) is 11.6. The summed E-state index contributed by atoms with van der Waals surface area (Å²) in [6.45, 7) is 5.31. The van der Waals surface area contributed by atoms with Gasteiger partial charge in [-0.2, -0.15) is 0 Å². The molecule has 0 bridgehead atoms. The molecule has 2 fully saturated rings. The van der Waals surface area contributed by atoms with Gasteiger partial charge in [-0.05, 0) is 31.6 Å². The van der Waals surface area contributed by atoms with Crippen LogP contribution in [0.3, 0.4) is 0 Å². The summed E-state index contributed by atoms with van der Waals surface area (Å²) in [5.74, 6) is -0.984. The lowest BCUT2D eigenvalue weighted by Gasteiger charge is -2.47. The van der Waals surface area contributed by atoms with E-state index in [9.17, 15) is 9.59 Å². The van der Waals surface area contributed by atoms with E-state index in [2.05, 4.69) is 12.2 Å². The minimum atomic E-state index is -0.984. The molecule has 0 atom stereocenters. The predicted molar refractivity (Wildman–Crippen MR) is 68.9 cm³/mol. The zero-order valence-electron chi connectivity index (χ0n) is 11.6. The number of nitrogens with one attached hydrogen (secondary N) is 1. The number of carboxylic acid groups (broad SMARTS) is 1. The van der Waals surface area contributed by atoms with Gasteiger partial charge < -0.3 is 20.1 Å². The first-order valence-electron chi connectivity index (χ1n) is 6.77. The Morgan fingerprint density at radius 2 is 2.00 bits per heavy atom.